The Labute approximate surface area is 119 Å². The van der Waals surface area contributed by atoms with Crippen molar-refractivity contribution in [2.24, 2.45) is 0 Å². The van der Waals surface area contributed by atoms with Crippen molar-refractivity contribution in [1.29, 1.82) is 0 Å². The Kier molecular flexibility index (Phi) is 3.16. The highest BCUT2D eigenvalue weighted by Gasteiger charge is 2.13. The normalized spacial score (nSPS) is 10.7. The minimum atomic E-state index is -0.524. The maximum Gasteiger partial charge on any atom is 0.256 e. The summed E-state index contributed by atoms with van der Waals surface area (Å²) in [7, 11) is 0. The molecule has 0 aliphatic heterocycles. The monoisotopic (exact) mass is 288 g/mol. The molecule has 0 aliphatic carbocycles. The van der Waals surface area contributed by atoms with Crippen molar-refractivity contribution in [3.8, 4) is 0 Å². The van der Waals surface area contributed by atoms with Crippen molar-refractivity contribution in [2.75, 3.05) is 5.32 Å². The van der Waals surface area contributed by atoms with E-state index in [0.717, 1.165) is 10.9 Å². The number of amides is 1. The molecular weight excluding hydrogens is 279 g/mol. The van der Waals surface area contributed by atoms with Gasteiger partial charge >= 0.3 is 0 Å². The number of benzene rings is 2. The van der Waals surface area contributed by atoms with Gasteiger partial charge in [0.15, 0.2) is 0 Å². The van der Waals surface area contributed by atoms with Crippen molar-refractivity contribution in [1.82, 2.24) is 4.98 Å². The summed E-state index contributed by atoms with van der Waals surface area (Å²) in [5.41, 5.74) is 1.39. The summed E-state index contributed by atoms with van der Waals surface area (Å²) >= 11 is 5.80. The molecule has 0 spiro atoms. The molecule has 3 aromatic rings. The van der Waals surface area contributed by atoms with Gasteiger partial charge in [-0.2, -0.15) is 0 Å². The number of carbonyl (C=O) groups is 1. The molecule has 100 valence electrons. The third-order valence-corrected chi connectivity index (χ3v) is 3.25. The summed E-state index contributed by atoms with van der Waals surface area (Å²) in [6, 6.07) is 11.2. The Bertz CT molecular complexity index is 797. The molecule has 2 aromatic carbocycles. The number of H-pyrrole nitrogens is 1. The molecule has 20 heavy (non-hydrogen) atoms. The molecule has 1 aromatic heterocycles. The minimum absolute atomic E-state index is 0.0649. The molecule has 5 heteroatoms. The predicted molar refractivity (Wildman–Crippen MR) is 77.7 cm³/mol. The largest absolute Gasteiger partial charge is 0.361 e. The van der Waals surface area contributed by atoms with Gasteiger partial charge in [-0.1, -0.05) is 17.7 Å². The SMILES string of the molecule is O=C(Nc1cc(Cl)ccc1F)c1cccc2[nH]ccc12. The van der Waals surface area contributed by atoms with Gasteiger partial charge in [0.25, 0.3) is 5.91 Å². The Balaban J connectivity index is 1.97. The van der Waals surface area contributed by atoms with Gasteiger partial charge in [-0.3, -0.25) is 4.79 Å². The lowest BCUT2D eigenvalue weighted by molar-refractivity contribution is 0.102. The highest BCUT2D eigenvalue weighted by atomic mass is 35.5. The van der Waals surface area contributed by atoms with Gasteiger partial charge in [0.1, 0.15) is 5.82 Å². The van der Waals surface area contributed by atoms with E-state index in [1.165, 1.54) is 18.2 Å². The average Bonchev–Trinajstić information content (AvgIpc) is 2.91. The van der Waals surface area contributed by atoms with Crippen LogP contribution in [0.4, 0.5) is 10.1 Å². The Morgan fingerprint density at radius 3 is 2.90 bits per heavy atom. The Morgan fingerprint density at radius 1 is 1.20 bits per heavy atom. The van der Waals surface area contributed by atoms with Gasteiger partial charge in [-0.25, -0.2) is 4.39 Å². The van der Waals surface area contributed by atoms with E-state index >= 15 is 0 Å². The van der Waals surface area contributed by atoms with Crippen LogP contribution in [0.3, 0.4) is 0 Å². The molecule has 0 atom stereocenters. The summed E-state index contributed by atoms with van der Waals surface area (Å²) in [6.07, 6.45) is 1.75. The number of hydrogen-bond acceptors (Lipinski definition) is 1. The van der Waals surface area contributed by atoms with Gasteiger partial charge in [0, 0.05) is 27.7 Å². The second-order valence-electron chi connectivity index (χ2n) is 4.32. The fraction of sp³-hybridized carbons (Fsp3) is 0. The van der Waals surface area contributed by atoms with Crippen LogP contribution in [0, 0.1) is 5.82 Å². The van der Waals surface area contributed by atoms with E-state index in [1.54, 1.807) is 24.4 Å². The van der Waals surface area contributed by atoms with E-state index in [0.29, 0.717) is 10.6 Å². The van der Waals surface area contributed by atoms with Gasteiger partial charge in [-0.15, -0.1) is 0 Å². The van der Waals surface area contributed by atoms with Gasteiger partial charge in [0.05, 0.1) is 5.69 Å². The number of nitrogens with one attached hydrogen (secondary N) is 2. The maximum absolute atomic E-state index is 13.6. The Morgan fingerprint density at radius 2 is 2.05 bits per heavy atom. The van der Waals surface area contributed by atoms with E-state index in [1.807, 2.05) is 6.07 Å². The van der Waals surface area contributed by atoms with Crippen molar-refractivity contribution >= 4 is 34.1 Å². The van der Waals surface area contributed by atoms with Crippen molar-refractivity contribution in [2.45, 2.75) is 0 Å². The number of carbonyl (C=O) groups excluding carboxylic acids is 1. The van der Waals surface area contributed by atoms with E-state index < -0.39 is 5.82 Å². The highest BCUT2D eigenvalue weighted by molar-refractivity contribution is 6.31. The van der Waals surface area contributed by atoms with Crippen molar-refractivity contribution in [3.63, 3.8) is 0 Å². The number of fused-ring (bicyclic) bond motifs is 1. The summed E-state index contributed by atoms with van der Waals surface area (Å²) in [6.45, 7) is 0. The molecule has 1 heterocycles. The van der Waals surface area contributed by atoms with Gasteiger partial charge in [-0.05, 0) is 36.4 Å². The van der Waals surface area contributed by atoms with Crippen LogP contribution in [0.15, 0.2) is 48.7 Å². The first kappa shape index (κ1) is 12.7. The Hall–Kier alpha value is -2.33. The molecule has 0 saturated heterocycles. The van der Waals surface area contributed by atoms with Crippen LogP contribution in [0.5, 0.6) is 0 Å². The number of hydrogen-bond donors (Lipinski definition) is 2. The average molecular weight is 289 g/mol. The van der Waals surface area contributed by atoms with E-state index in [2.05, 4.69) is 10.3 Å². The molecule has 0 fully saturated rings. The zero-order valence-corrected chi connectivity index (χ0v) is 11.0. The van der Waals surface area contributed by atoms with Crippen LogP contribution in [0.25, 0.3) is 10.9 Å². The lowest BCUT2D eigenvalue weighted by Crippen LogP contribution is -2.13. The molecule has 1 amide bonds. The lowest BCUT2D eigenvalue weighted by atomic mass is 10.1. The number of anilines is 1. The fourth-order valence-corrected chi connectivity index (χ4v) is 2.24. The predicted octanol–water partition coefficient (Wildman–Crippen LogP) is 4.21. The molecule has 0 bridgehead atoms. The maximum atomic E-state index is 13.6. The van der Waals surface area contributed by atoms with Crippen LogP contribution in [-0.2, 0) is 0 Å². The van der Waals surface area contributed by atoms with Gasteiger partial charge in [0.2, 0.25) is 0 Å². The quantitative estimate of drug-likeness (QED) is 0.729. The molecule has 0 unspecified atom stereocenters. The van der Waals surface area contributed by atoms with Crippen LogP contribution >= 0.6 is 11.6 Å². The van der Waals surface area contributed by atoms with Crippen LogP contribution in [-0.4, -0.2) is 10.9 Å². The lowest BCUT2D eigenvalue weighted by Gasteiger charge is -2.07. The van der Waals surface area contributed by atoms with E-state index in [4.69, 9.17) is 11.6 Å². The summed E-state index contributed by atoms with van der Waals surface area (Å²) in [5.74, 6) is -0.902. The zero-order chi connectivity index (χ0) is 14.1. The standard InChI is InChI=1S/C15H10ClFN2O/c16-9-4-5-12(17)14(8-9)19-15(20)11-2-1-3-13-10(11)6-7-18-13/h1-8,18H,(H,19,20). The summed E-state index contributed by atoms with van der Waals surface area (Å²) in [5, 5.41) is 3.68. The molecule has 0 aliphatic rings. The molecule has 0 radical (unpaired) electrons. The summed E-state index contributed by atoms with van der Waals surface area (Å²) in [4.78, 5) is 15.3. The second-order valence-corrected chi connectivity index (χ2v) is 4.76. The van der Waals surface area contributed by atoms with Crippen LogP contribution in [0.1, 0.15) is 10.4 Å². The third-order valence-electron chi connectivity index (χ3n) is 3.02. The summed E-state index contributed by atoms with van der Waals surface area (Å²) < 4.78 is 13.6. The van der Waals surface area contributed by atoms with Crippen molar-refractivity contribution in [3.05, 3.63) is 65.1 Å². The van der Waals surface area contributed by atoms with Crippen LogP contribution < -0.4 is 5.32 Å². The van der Waals surface area contributed by atoms with E-state index in [9.17, 15) is 9.18 Å². The molecule has 0 saturated carbocycles. The number of aromatic nitrogens is 1. The molecule has 2 N–H and O–H groups in total. The van der Waals surface area contributed by atoms with Crippen molar-refractivity contribution < 1.29 is 9.18 Å². The first-order valence-corrected chi connectivity index (χ1v) is 6.35. The number of aromatic amines is 1. The van der Waals surface area contributed by atoms with Crippen LogP contribution in [0.2, 0.25) is 5.02 Å². The topological polar surface area (TPSA) is 44.9 Å². The zero-order valence-electron chi connectivity index (χ0n) is 10.3. The van der Waals surface area contributed by atoms with E-state index in [-0.39, 0.29) is 11.6 Å². The molecular formula is C15H10ClFN2O. The number of halogens is 2. The third kappa shape index (κ3) is 2.26. The first-order chi connectivity index (χ1) is 9.65. The highest BCUT2D eigenvalue weighted by Crippen LogP contribution is 2.22. The smallest absolute Gasteiger partial charge is 0.256 e. The molecule has 3 nitrogen and oxygen atoms in total. The minimum Gasteiger partial charge on any atom is -0.361 e. The van der Waals surface area contributed by atoms with Gasteiger partial charge < -0.3 is 10.3 Å². The number of rotatable bonds is 2. The molecule has 3 rings (SSSR count). The fourth-order valence-electron chi connectivity index (χ4n) is 2.07. The first-order valence-electron chi connectivity index (χ1n) is 5.97. The second kappa shape index (κ2) is 4.98.